The van der Waals surface area contributed by atoms with Crippen LogP contribution in [0.15, 0.2) is 67.1 Å². The Morgan fingerprint density at radius 2 is 1.85 bits per heavy atom. The van der Waals surface area contributed by atoms with Crippen molar-refractivity contribution in [1.82, 2.24) is 9.97 Å². The van der Waals surface area contributed by atoms with Crippen LogP contribution in [0.4, 0.5) is 11.4 Å². The molecule has 1 amide bonds. The van der Waals surface area contributed by atoms with E-state index in [9.17, 15) is 4.79 Å². The molecule has 0 aliphatic rings. The molecule has 0 bridgehead atoms. The molecule has 1 N–H and O–H groups in total. The predicted octanol–water partition coefficient (Wildman–Crippen LogP) is 3.72. The van der Waals surface area contributed by atoms with Crippen molar-refractivity contribution < 1.29 is 4.79 Å². The van der Waals surface area contributed by atoms with E-state index in [-0.39, 0.29) is 5.91 Å². The number of benzene rings is 1. The lowest BCUT2D eigenvalue weighted by molar-refractivity contribution is 0.102. The summed E-state index contributed by atoms with van der Waals surface area (Å²) in [5, 5.41) is 2.92. The molecule has 3 aromatic rings. The van der Waals surface area contributed by atoms with Gasteiger partial charge in [0.2, 0.25) is 0 Å². The van der Waals surface area contributed by atoms with Crippen LogP contribution in [-0.4, -0.2) is 29.5 Å². The second-order valence-corrected chi connectivity index (χ2v) is 6.20. The number of nitrogens with one attached hydrogen (secondary N) is 1. The third-order valence-corrected chi connectivity index (χ3v) is 4.30. The molecule has 132 valence electrons. The molecule has 0 fully saturated rings. The predicted molar refractivity (Wildman–Crippen MR) is 105 cm³/mol. The summed E-state index contributed by atoms with van der Waals surface area (Å²) < 4.78 is 0. The SMILES string of the molecule is Cc1ccccc1NC(=O)c1cc(N(C)CCc2ccncc2)ccn1. The number of rotatable bonds is 6. The third-order valence-electron chi connectivity index (χ3n) is 4.30. The normalized spacial score (nSPS) is 10.4. The number of para-hydroxylation sites is 1. The Morgan fingerprint density at radius 3 is 2.62 bits per heavy atom. The van der Waals surface area contributed by atoms with E-state index in [1.165, 1.54) is 5.56 Å². The van der Waals surface area contributed by atoms with Gasteiger partial charge in [-0.2, -0.15) is 0 Å². The maximum absolute atomic E-state index is 12.5. The second-order valence-electron chi connectivity index (χ2n) is 6.20. The number of hydrogen-bond acceptors (Lipinski definition) is 4. The van der Waals surface area contributed by atoms with Gasteiger partial charge in [0.25, 0.3) is 5.91 Å². The highest BCUT2D eigenvalue weighted by Gasteiger charge is 2.11. The van der Waals surface area contributed by atoms with E-state index in [0.717, 1.165) is 29.9 Å². The van der Waals surface area contributed by atoms with E-state index in [1.54, 1.807) is 18.6 Å². The number of likely N-dealkylation sites (N-methyl/N-ethyl adjacent to an activating group) is 1. The van der Waals surface area contributed by atoms with Crippen molar-refractivity contribution in [3.8, 4) is 0 Å². The molecule has 2 heterocycles. The summed E-state index contributed by atoms with van der Waals surface area (Å²) in [6, 6.07) is 15.5. The van der Waals surface area contributed by atoms with Crippen molar-refractivity contribution in [3.05, 3.63) is 83.9 Å². The van der Waals surface area contributed by atoms with Gasteiger partial charge in [-0.1, -0.05) is 18.2 Å². The van der Waals surface area contributed by atoms with Crippen LogP contribution in [0.1, 0.15) is 21.6 Å². The van der Waals surface area contributed by atoms with Gasteiger partial charge >= 0.3 is 0 Å². The average Bonchev–Trinajstić information content (AvgIpc) is 2.69. The maximum Gasteiger partial charge on any atom is 0.274 e. The van der Waals surface area contributed by atoms with E-state index >= 15 is 0 Å². The lowest BCUT2D eigenvalue weighted by atomic mass is 10.2. The van der Waals surface area contributed by atoms with Crippen molar-refractivity contribution in [2.45, 2.75) is 13.3 Å². The number of carbonyl (C=O) groups is 1. The van der Waals surface area contributed by atoms with Gasteiger partial charge in [-0.15, -0.1) is 0 Å². The highest BCUT2D eigenvalue weighted by Crippen LogP contribution is 2.17. The van der Waals surface area contributed by atoms with Gasteiger partial charge in [0, 0.05) is 43.6 Å². The highest BCUT2D eigenvalue weighted by atomic mass is 16.1. The first-order chi connectivity index (χ1) is 12.6. The van der Waals surface area contributed by atoms with Crippen molar-refractivity contribution >= 4 is 17.3 Å². The molecule has 5 nitrogen and oxygen atoms in total. The van der Waals surface area contributed by atoms with E-state index < -0.39 is 0 Å². The molecule has 3 rings (SSSR count). The molecule has 0 radical (unpaired) electrons. The van der Waals surface area contributed by atoms with Crippen LogP contribution < -0.4 is 10.2 Å². The van der Waals surface area contributed by atoms with Gasteiger partial charge in [-0.05, 0) is 54.8 Å². The Hall–Kier alpha value is -3.21. The van der Waals surface area contributed by atoms with Crippen molar-refractivity contribution in [3.63, 3.8) is 0 Å². The molecule has 0 saturated heterocycles. The number of aromatic nitrogens is 2. The smallest absolute Gasteiger partial charge is 0.274 e. The summed E-state index contributed by atoms with van der Waals surface area (Å²) in [6.07, 6.45) is 6.18. The first-order valence-corrected chi connectivity index (χ1v) is 8.56. The molecule has 0 saturated carbocycles. The Kier molecular flexibility index (Phi) is 5.59. The molecule has 1 aromatic carbocycles. The van der Waals surface area contributed by atoms with E-state index in [0.29, 0.717) is 5.69 Å². The number of carbonyl (C=O) groups excluding carboxylic acids is 1. The fraction of sp³-hybridized carbons (Fsp3) is 0.190. The lowest BCUT2D eigenvalue weighted by Gasteiger charge is -2.19. The monoisotopic (exact) mass is 346 g/mol. The van der Waals surface area contributed by atoms with Gasteiger partial charge in [0.1, 0.15) is 5.69 Å². The van der Waals surface area contributed by atoms with Crippen LogP contribution in [0.3, 0.4) is 0 Å². The van der Waals surface area contributed by atoms with Crippen LogP contribution in [0.2, 0.25) is 0 Å². The molecule has 0 unspecified atom stereocenters. The summed E-state index contributed by atoms with van der Waals surface area (Å²) >= 11 is 0. The Labute approximate surface area is 153 Å². The quantitative estimate of drug-likeness (QED) is 0.739. The minimum absolute atomic E-state index is 0.205. The van der Waals surface area contributed by atoms with Crippen LogP contribution >= 0.6 is 0 Å². The maximum atomic E-state index is 12.5. The number of hydrogen-bond donors (Lipinski definition) is 1. The highest BCUT2D eigenvalue weighted by molar-refractivity contribution is 6.03. The molecule has 0 spiro atoms. The Balaban J connectivity index is 1.67. The molecule has 5 heteroatoms. The van der Waals surface area contributed by atoms with E-state index in [4.69, 9.17) is 0 Å². The standard InChI is InChI=1S/C21H22N4O/c1-16-5-3-4-6-19(16)24-21(26)20-15-18(9-13-23-20)25(2)14-10-17-7-11-22-12-8-17/h3-9,11-13,15H,10,14H2,1-2H3,(H,24,26). The minimum Gasteiger partial charge on any atom is -0.374 e. The largest absolute Gasteiger partial charge is 0.374 e. The lowest BCUT2D eigenvalue weighted by Crippen LogP contribution is -2.21. The van der Waals surface area contributed by atoms with Crippen LogP contribution in [0.5, 0.6) is 0 Å². The average molecular weight is 346 g/mol. The van der Waals surface area contributed by atoms with Gasteiger partial charge in [-0.25, -0.2) is 0 Å². The molecule has 0 aliphatic carbocycles. The molecule has 0 aliphatic heterocycles. The number of amides is 1. The van der Waals surface area contributed by atoms with Crippen molar-refractivity contribution in [1.29, 1.82) is 0 Å². The van der Waals surface area contributed by atoms with Gasteiger partial charge < -0.3 is 10.2 Å². The zero-order chi connectivity index (χ0) is 18.4. The molecule has 2 aromatic heterocycles. The van der Waals surface area contributed by atoms with Crippen molar-refractivity contribution in [2.75, 3.05) is 23.8 Å². The fourth-order valence-corrected chi connectivity index (χ4v) is 2.66. The molecular weight excluding hydrogens is 324 g/mol. The topological polar surface area (TPSA) is 58.1 Å². The zero-order valence-electron chi connectivity index (χ0n) is 15.0. The second kappa shape index (κ2) is 8.25. The Bertz CT molecular complexity index is 880. The zero-order valence-corrected chi connectivity index (χ0v) is 15.0. The summed E-state index contributed by atoms with van der Waals surface area (Å²) in [4.78, 5) is 22.9. The number of nitrogens with zero attached hydrogens (tertiary/aromatic N) is 3. The van der Waals surface area contributed by atoms with Crippen molar-refractivity contribution in [2.24, 2.45) is 0 Å². The van der Waals surface area contributed by atoms with Crippen LogP contribution in [-0.2, 0) is 6.42 Å². The van der Waals surface area contributed by atoms with E-state index in [2.05, 4.69) is 20.2 Å². The summed E-state index contributed by atoms with van der Waals surface area (Å²) in [5.74, 6) is -0.205. The number of aryl methyl sites for hydroxylation is 1. The molecular formula is C21H22N4O. The number of anilines is 2. The van der Waals surface area contributed by atoms with Gasteiger partial charge in [0.05, 0.1) is 0 Å². The third kappa shape index (κ3) is 4.45. The van der Waals surface area contributed by atoms with Crippen LogP contribution in [0.25, 0.3) is 0 Å². The first-order valence-electron chi connectivity index (χ1n) is 8.56. The van der Waals surface area contributed by atoms with Gasteiger partial charge in [0.15, 0.2) is 0 Å². The van der Waals surface area contributed by atoms with E-state index in [1.807, 2.05) is 62.5 Å². The van der Waals surface area contributed by atoms with Gasteiger partial charge in [-0.3, -0.25) is 14.8 Å². The molecule has 0 atom stereocenters. The summed E-state index contributed by atoms with van der Waals surface area (Å²) in [7, 11) is 2.01. The summed E-state index contributed by atoms with van der Waals surface area (Å²) in [6.45, 7) is 2.80. The Morgan fingerprint density at radius 1 is 1.08 bits per heavy atom. The first kappa shape index (κ1) is 17.6. The number of pyridine rings is 2. The minimum atomic E-state index is -0.205. The fourth-order valence-electron chi connectivity index (χ4n) is 2.66. The van der Waals surface area contributed by atoms with Crippen LogP contribution in [0, 0.1) is 6.92 Å². The molecule has 26 heavy (non-hydrogen) atoms. The summed E-state index contributed by atoms with van der Waals surface area (Å²) in [5.41, 5.74) is 4.42.